The van der Waals surface area contributed by atoms with Gasteiger partial charge in [-0.3, -0.25) is 14.9 Å². The highest BCUT2D eigenvalue weighted by molar-refractivity contribution is 6.06. The predicted molar refractivity (Wildman–Crippen MR) is 106 cm³/mol. The molecule has 148 valence electrons. The molecule has 0 bridgehead atoms. The van der Waals surface area contributed by atoms with Crippen LogP contribution in [-0.4, -0.2) is 41.9 Å². The summed E-state index contributed by atoms with van der Waals surface area (Å²) in [6.07, 6.45) is 1.49. The number of rotatable bonds is 5. The smallest absolute Gasteiger partial charge is 0.271 e. The number of carbonyl (C=O) groups excluding carboxylic acids is 1. The van der Waals surface area contributed by atoms with E-state index in [2.05, 4.69) is 10.2 Å². The number of anilines is 2. The van der Waals surface area contributed by atoms with Crippen molar-refractivity contribution in [1.82, 2.24) is 4.90 Å². The summed E-state index contributed by atoms with van der Waals surface area (Å²) in [6, 6.07) is 13.6. The molecule has 8 nitrogen and oxygen atoms in total. The van der Waals surface area contributed by atoms with Crippen LogP contribution in [0.15, 0.2) is 60.3 Å². The average Bonchev–Trinajstić information content (AvgIpc) is 2.73. The van der Waals surface area contributed by atoms with Gasteiger partial charge in [0, 0.05) is 55.9 Å². The number of hydrogen-bond acceptors (Lipinski definition) is 6. The van der Waals surface area contributed by atoms with E-state index in [1.54, 1.807) is 12.1 Å². The summed E-state index contributed by atoms with van der Waals surface area (Å²) in [5.41, 5.74) is 0.916. The number of non-ortho nitro benzene ring substituents is 1. The van der Waals surface area contributed by atoms with Gasteiger partial charge in [0.25, 0.3) is 11.6 Å². The third-order valence-electron chi connectivity index (χ3n) is 4.50. The molecule has 1 amide bonds. The Hall–Kier alpha value is -3.93. The van der Waals surface area contributed by atoms with Crippen LogP contribution in [0.4, 0.5) is 21.5 Å². The molecule has 29 heavy (non-hydrogen) atoms. The van der Waals surface area contributed by atoms with E-state index in [1.165, 1.54) is 42.6 Å². The Kier molecular flexibility index (Phi) is 6.04. The van der Waals surface area contributed by atoms with Crippen LogP contribution in [-0.2, 0) is 4.79 Å². The second kappa shape index (κ2) is 8.84. The van der Waals surface area contributed by atoms with Gasteiger partial charge in [-0.15, -0.1) is 0 Å². The molecule has 0 unspecified atom stereocenters. The van der Waals surface area contributed by atoms with E-state index < -0.39 is 10.8 Å². The number of nitro groups is 1. The lowest BCUT2D eigenvalue weighted by molar-refractivity contribution is -0.384. The summed E-state index contributed by atoms with van der Waals surface area (Å²) >= 11 is 0. The fourth-order valence-electron chi connectivity index (χ4n) is 2.98. The first-order valence-corrected chi connectivity index (χ1v) is 8.88. The van der Waals surface area contributed by atoms with Gasteiger partial charge in [-0.05, 0) is 30.3 Å². The lowest BCUT2D eigenvalue weighted by Crippen LogP contribution is -2.44. The Morgan fingerprint density at radius 3 is 2.48 bits per heavy atom. The number of benzene rings is 2. The van der Waals surface area contributed by atoms with Crippen LogP contribution < -0.4 is 10.2 Å². The van der Waals surface area contributed by atoms with Gasteiger partial charge >= 0.3 is 0 Å². The highest BCUT2D eigenvalue weighted by Crippen LogP contribution is 2.19. The van der Waals surface area contributed by atoms with Crippen LogP contribution in [0.25, 0.3) is 0 Å². The Bertz CT molecular complexity index is 976. The van der Waals surface area contributed by atoms with Crippen molar-refractivity contribution >= 4 is 23.0 Å². The second-order valence-electron chi connectivity index (χ2n) is 6.42. The van der Waals surface area contributed by atoms with Gasteiger partial charge in [0.05, 0.1) is 4.92 Å². The standard InChI is InChI=1S/C20H18FN5O3/c21-16-4-6-18(7-5-16)25-10-8-24(9-11-25)14-15(13-22)20(27)23-17-2-1-3-19(12-17)26(28)29/h1-7,12,14H,8-11H2,(H,23,27)/b15-14-. The molecule has 1 fully saturated rings. The summed E-state index contributed by atoms with van der Waals surface area (Å²) in [7, 11) is 0. The zero-order chi connectivity index (χ0) is 20.8. The number of nitrogens with one attached hydrogen (secondary N) is 1. The number of hydrogen-bond donors (Lipinski definition) is 1. The third-order valence-corrected chi connectivity index (χ3v) is 4.50. The highest BCUT2D eigenvalue weighted by atomic mass is 19.1. The van der Waals surface area contributed by atoms with E-state index >= 15 is 0 Å². The largest absolute Gasteiger partial charge is 0.373 e. The zero-order valence-electron chi connectivity index (χ0n) is 15.4. The fraction of sp³-hybridized carbons (Fsp3) is 0.200. The van der Waals surface area contributed by atoms with Crippen LogP contribution in [0, 0.1) is 27.3 Å². The molecule has 0 radical (unpaired) electrons. The number of amides is 1. The first kappa shape index (κ1) is 19.8. The van der Waals surface area contributed by atoms with Gasteiger partial charge in [-0.25, -0.2) is 4.39 Å². The summed E-state index contributed by atoms with van der Waals surface area (Å²) in [5.74, 6) is -0.919. The van der Waals surface area contributed by atoms with Crippen LogP contribution in [0.1, 0.15) is 0 Å². The van der Waals surface area contributed by atoms with Crippen molar-refractivity contribution in [2.24, 2.45) is 0 Å². The first-order chi connectivity index (χ1) is 14.0. The third kappa shape index (κ3) is 5.07. The molecule has 9 heteroatoms. The highest BCUT2D eigenvalue weighted by Gasteiger charge is 2.18. The maximum Gasteiger partial charge on any atom is 0.271 e. The fourth-order valence-corrected chi connectivity index (χ4v) is 2.98. The molecule has 1 N–H and O–H groups in total. The van der Waals surface area contributed by atoms with Crippen molar-refractivity contribution in [3.05, 3.63) is 76.2 Å². The maximum absolute atomic E-state index is 13.1. The van der Waals surface area contributed by atoms with E-state index in [-0.39, 0.29) is 22.8 Å². The van der Waals surface area contributed by atoms with Gasteiger partial charge < -0.3 is 15.1 Å². The minimum atomic E-state index is -0.631. The minimum Gasteiger partial charge on any atom is -0.373 e. The lowest BCUT2D eigenvalue weighted by atomic mass is 10.2. The minimum absolute atomic E-state index is 0.0910. The van der Waals surface area contributed by atoms with Crippen molar-refractivity contribution in [2.45, 2.75) is 0 Å². The van der Waals surface area contributed by atoms with Gasteiger partial charge in [-0.2, -0.15) is 5.26 Å². The molecule has 3 rings (SSSR count). The van der Waals surface area contributed by atoms with E-state index in [9.17, 15) is 24.6 Å². The zero-order valence-corrected chi connectivity index (χ0v) is 15.4. The SMILES string of the molecule is N#C/C(=C/N1CCN(c2ccc(F)cc2)CC1)C(=O)Nc1cccc([N+](=O)[O-])c1. The predicted octanol–water partition coefficient (Wildman–Crippen LogP) is 2.90. The summed E-state index contributed by atoms with van der Waals surface area (Å²) in [6.45, 7) is 2.50. The number of carbonyl (C=O) groups is 1. The first-order valence-electron chi connectivity index (χ1n) is 8.88. The Morgan fingerprint density at radius 2 is 1.86 bits per heavy atom. The molecule has 1 aliphatic heterocycles. The number of piperazine rings is 1. The summed E-state index contributed by atoms with van der Waals surface area (Å²) < 4.78 is 13.1. The second-order valence-corrected chi connectivity index (χ2v) is 6.42. The van der Waals surface area contributed by atoms with Gasteiger partial charge in [0.15, 0.2) is 0 Å². The lowest BCUT2D eigenvalue weighted by Gasteiger charge is -2.35. The molecular formula is C20H18FN5O3. The normalized spacial score (nSPS) is 14.3. The Labute approximate surface area is 166 Å². The number of nitriles is 1. The molecule has 0 spiro atoms. The molecule has 1 aliphatic rings. The van der Waals surface area contributed by atoms with Crippen molar-refractivity contribution in [3.8, 4) is 6.07 Å². The van der Waals surface area contributed by atoms with Crippen LogP contribution in [0.3, 0.4) is 0 Å². The molecule has 2 aromatic carbocycles. The van der Waals surface area contributed by atoms with Gasteiger partial charge in [-0.1, -0.05) is 6.07 Å². The van der Waals surface area contributed by atoms with Gasteiger partial charge in [0.1, 0.15) is 17.5 Å². The molecule has 1 saturated heterocycles. The van der Waals surface area contributed by atoms with Crippen molar-refractivity contribution < 1.29 is 14.1 Å². The Balaban J connectivity index is 1.62. The molecule has 0 atom stereocenters. The van der Waals surface area contributed by atoms with Gasteiger partial charge in [0.2, 0.25) is 0 Å². The molecule has 1 heterocycles. The van der Waals surface area contributed by atoms with Crippen LogP contribution in [0.5, 0.6) is 0 Å². The molecule has 0 aliphatic carbocycles. The number of nitrogens with zero attached hydrogens (tertiary/aromatic N) is 4. The van der Waals surface area contributed by atoms with E-state index in [0.29, 0.717) is 26.2 Å². The van der Waals surface area contributed by atoms with E-state index in [4.69, 9.17) is 0 Å². The maximum atomic E-state index is 13.1. The summed E-state index contributed by atoms with van der Waals surface area (Å²) in [4.78, 5) is 26.6. The van der Waals surface area contributed by atoms with Crippen molar-refractivity contribution in [2.75, 3.05) is 36.4 Å². The van der Waals surface area contributed by atoms with Crippen LogP contribution >= 0.6 is 0 Å². The topological polar surface area (TPSA) is 103 Å². The van der Waals surface area contributed by atoms with Crippen molar-refractivity contribution in [3.63, 3.8) is 0 Å². The molecule has 0 saturated carbocycles. The Morgan fingerprint density at radius 1 is 1.17 bits per heavy atom. The quantitative estimate of drug-likeness (QED) is 0.361. The van der Waals surface area contributed by atoms with E-state index in [0.717, 1.165) is 5.69 Å². The molecule has 0 aromatic heterocycles. The van der Waals surface area contributed by atoms with Crippen molar-refractivity contribution in [1.29, 1.82) is 5.26 Å². The van der Waals surface area contributed by atoms with Crippen LogP contribution in [0.2, 0.25) is 0 Å². The molecular weight excluding hydrogens is 377 g/mol. The molecule has 2 aromatic rings. The average molecular weight is 395 g/mol. The number of nitro benzene ring substituents is 1. The monoisotopic (exact) mass is 395 g/mol. The van der Waals surface area contributed by atoms with E-state index in [1.807, 2.05) is 11.0 Å². The number of halogens is 1. The summed E-state index contributed by atoms with van der Waals surface area (Å²) in [5, 5.41) is 22.7.